The molecule has 0 spiro atoms. The molecular weight excluding hydrogens is 396 g/mol. The standard InChI is InChI=1S/C22H19ClO6/c1-12-8-15(9-13(2)20(12)23)28-19-11-27-18-10-14(5-6-16(18)21(19)24)29-22(25)17-4-3-7-26-17/h5-6,8-11,17H,3-4,7H2,1-2H3/t17-/m0/s1. The zero-order valence-electron chi connectivity index (χ0n) is 16.0. The summed E-state index contributed by atoms with van der Waals surface area (Å²) in [7, 11) is 0. The number of hydrogen-bond donors (Lipinski definition) is 0. The van der Waals surface area contributed by atoms with Crippen molar-refractivity contribution in [3.8, 4) is 17.2 Å². The summed E-state index contributed by atoms with van der Waals surface area (Å²) in [5, 5.41) is 0.981. The zero-order chi connectivity index (χ0) is 20.5. The van der Waals surface area contributed by atoms with Crippen LogP contribution in [0.15, 0.2) is 45.8 Å². The molecule has 1 aliphatic rings. The predicted octanol–water partition coefficient (Wildman–Crippen LogP) is 4.94. The molecule has 4 rings (SSSR count). The van der Waals surface area contributed by atoms with Crippen LogP contribution < -0.4 is 14.9 Å². The van der Waals surface area contributed by atoms with Crippen molar-refractivity contribution in [2.45, 2.75) is 32.8 Å². The van der Waals surface area contributed by atoms with Gasteiger partial charge in [-0.25, -0.2) is 4.79 Å². The third-order valence-corrected chi connectivity index (χ3v) is 5.36. The molecule has 2 heterocycles. The topological polar surface area (TPSA) is 75.0 Å². The smallest absolute Gasteiger partial charge is 0.340 e. The molecule has 0 unspecified atom stereocenters. The molecule has 1 atom stereocenters. The van der Waals surface area contributed by atoms with Gasteiger partial charge in [0.25, 0.3) is 0 Å². The van der Waals surface area contributed by atoms with Gasteiger partial charge < -0.3 is 18.6 Å². The molecule has 3 aromatic rings. The molecule has 1 saturated heterocycles. The van der Waals surface area contributed by atoms with E-state index in [1.54, 1.807) is 24.3 Å². The monoisotopic (exact) mass is 414 g/mol. The van der Waals surface area contributed by atoms with Crippen molar-refractivity contribution < 1.29 is 23.4 Å². The third kappa shape index (κ3) is 3.99. The SMILES string of the molecule is Cc1cc(Oc2coc3cc(OC(=O)[C@@H]4CCCO4)ccc3c2=O)cc(C)c1Cl. The van der Waals surface area contributed by atoms with Gasteiger partial charge in [0.05, 0.1) is 5.39 Å². The lowest BCUT2D eigenvalue weighted by atomic mass is 10.1. The van der Waals surface area contributed by atoms with Gasteiger partial charge in [-0.2, -0.15) is 0 Å². The average Bonchev–Trinajstić information content (AvgIpc) is 3.23. The van der Waals surface area contributed by atoms with Crippen LogP contribution in [0.2, 0.25) is 5.02 Å². The molecule has 1 fully saturated rings. The molecule has 7 heteroatoms. The highest BCUT2D eigenvalue weighted by atomic mass is 35.5. The number of ether oxygens (including phenoxy) is 3. The van der Waals surface area contributed by atoms with E-state index < -0.39 is 12.1 Å². The molecular formula is C22H19ClO6. The van der Waals surface area contributed by atoms with Crippen LogP contribution in [0.5, 0.6) is 17.2 Å². The molecule has 0 radical (unpaired) electrons. The van der Waals surface area contributed by atoms with Crippen LogP contribution in [0.3, 0.4) is 0 Å². The van der Waals surface area contributed by atoms with Crippen LogP contribution in [0.4, 0.5) is 0 Å². The van der Waals surface area contributed by atoms with E-state index in [0.717, 1.165) is 17.5 Å². The van der Waals surface area contributed by atoms with Crippen molar-refractivity contribution in [2.75, 3.05) is 6.61 Å². The predicted molar refractivity (Wildman–Crippen MR) is 108 cm³/mol. The fraction of sp³-hybridized carbons (Fsp3) is 0.273. The van der Waals surface area contributed by atoms with Crippen molar-refractivity contribution in [3.05, 3.63) is 63.0 Å². The highest BCUT2D eigenvalue weighted by Gasteiger charge is 2.25. The molecule has 6 nitrogen and oxygen atoms in total. The molecule has 0 bridgehead atoms. The molecule has 150 valence electrons. The summed E-state index contributed by atoms with van der Waals surface area (Å²) in [5.74, 6) is 0.400. The molecule has 29 heavy (non-hydrogen) atoms. The Morgan fingerprint density at radius 2 is 1.90 bits per heavy atom. The van der Waals surface area contributed by atoms with E-state index >= 15 is 0 Å². The maximum absolute atomic E-state index is 12.8. The second-order valence-corrected chi connectivity index (χ2v) is 7.36. The van der Waals surface area contributed by atoms with Gasteiger partial charge in [-0.3, -0.25) is 4.79 Å². The number of carbonyl (C=O) groups is 1. The average molecular weight is 415 g/mol. The Kier molecular flexibility index (Phi) is 5.30. The number of hydrogen-bond acceptors (Lipinski definition) is 6. The van der Waals surface area contributed by atoms with Crippen molar-refractivity contribution >= 4 is 28.5 Å². The first-order chi connectivity index (χ1) is 13.9. The van der Waals surface area contributed by atoms with Crippen LogP contribution >= 0.6 is 11.6 Å². The normalized spacial score (nSPS) is 16.2. The molecule has 1 aliphatic heterocycles. The summed E-state index contributed by atoms with van der Waals surface area (Å²) in [6.45, 7) is 4.29. The van der Waals surface area contributed by atoms with Gasteiger partial charge in [0.15, 0.2) is 6.10 Å². The fourth-order valence-corrected chi connectivity index (χ4v) is 3.37. The van der Waals surface area contributed by atoms with Crippen LogP contribution in [0.1, 0.15) is 24.0 Å². The number of halogens is 1. The van der Waals surface area contributed by atoms with Crippen LogP contribution in [0, 0.1) is 13.8 Å². The minimum Gasteiger partial charge on any atom is -0.460 e. The van der Waals surface area contributed by atoms with Crippen molar-refractivity contribution in [3.63, 3.8) is 0 Å². The second kappa shape index (κ2) is 7.89. The van der Waals surface area contributed by atoms with Crippen molar-refractivity contribution in [1.82, 2.24) is 0 Å². The number of aryl methyl sites for hydroxylation is 2. The largest absolute Gasteiger partial charge is 0.460 e. The summed E-state index contributed by atoms with van der Waals surface area (Å²) in [6, 6.07) is 8.11. The Labute approximate surface area is 171 Å². The number of carbonyl (C=O) groups excluding carboxylic acids is 1. The highest BCUT2D eigenvalue weighted by molar-refractivity contribution is 6.32. The molecule has 2 aromatic carbocycles. The van der Waals surface area contributed by atoms with Gasteiger partial charge in [-0.15, -0.1) is 0 Å². The minimum absolute atomic E-state index is 0.0581. The Bertz CT molecular complexity index is 1120. The summed E-state index contributed by atoms with van der Waals surface area (Å²) in [5.41, 5.74) is 1.67. The summed E-state index contributed by atoms with van der Waals surface area (Å²) in [6.07, 6.45) is 2.18. The van der Waals surface area contributed by atoms with E-state index in [4.69, 9.17) is 30.2 Å². The molecule has 1 aromatic heterocycles. The van der Waals surface area contributed by atoms with E-state index in [9.17, 15) is 9.59 Å². The minimum atomic E-state index is -0.542. The summed E-state index contributed by atoms with van der Waals surface area (Å²) >= 11 is 6.17. The molecule has 0 saturated carbocycles. The lowest BCUT2D eigenvalue weighted by molar-refractivity contribution is -0.144. The first-order valence-electron chi connectivity index (χ1n) is 9.26. The van der Waals surface area contributed by atoms with Gasteiger partial charge in [0.2, 0.25) is 11.2 Å². The quantitative estimate of drug-likeness (QED) is 0.444. The fourth-order valence-electron chi connectivity index (χ4n) is 3.26. The van der Waals surface area contributed by atoms with Crippen LogP contribution in [-0.2, 0) is 9.53 Å². The highest BCUT2D eigenvalue weighted by Crippen LogP contribution is 2.29. The van der Waals surface area contributed by atoms with Gasteiger partial charge in [0.1, 0.15) is 23.3 Å². The molecule has 0 aliphatic carbocycles. The van der Waals surface area contributed by atoms with Crippen LogP contribution in [0.25, 0.3) is 11.0 Å². The Balaban J connectivity index is 1.59. The van der Waals surface area contributed by atoms with Gasteiger partial charge in [-0.1, -0.05) is 11.6 Å². The van der Waals surface area contributed by atoms with Crippen LogP contribution in [-0.4, -0.2) is 18.7 Å². The maximum Gasteiger partial charge on any atom is 0.340 e. The Hall–Kier alpha value is -2.83. The zero-order valence-corrected chi connectivity index (χ0v) is 16.7. The van der Waals surface area contributed by atoms with E-state index in [-0.39, 0.29) is 11.2 Å². The first-order valence-corrected chi connectivity index (χ1v) is 9.63. The number of fused-ring (bicyclic) bond motifs is 1. The Morgan fingerprint density at radius 3 is 2.59 bits per heavy atom. The summed E-state index contributed by atoms with van der Waals surface area (Å²) in [4.78, 5) is 24.9. The number of rotatable bonds is 4. The second-order valence-electron chi connectivity index (χ2n) is 6.98. The number of esters is 1. The lowest BCUT2D eigenvalue weighted by Gasteiger charge is -2.11. The summed E-state index contributed by atoms with van der Waals surface area (Å²) < 4.78 is 21.9. The van der Waals surface area contributed by atoms with Crippen molar-refractivity contribution in [2.24, 2.45) is 0 Å². The molecule has 0 amide bonds. The number of benzene rings is 2. The first kappa shape index (κ1) is 19.5. The van der Waals surface area contributed by atoms with Gasteiger partial charge in [-0.05, 0) is 62.1 Å². The molecule has 0 N–H and O–H groups in total. The van der Waals surface area contributed by atoms with Crippen molar-refractivity contribution in [1.29, 1.82) is 0 Å². The third-order valence-electron chi connectivity index (χ3n) is 4.76. The van der Waals surface area contributed by atoms with Gasteiger partial charge in [0, 0.05) is 17.7 Å². The van der Waals surface area contributed by atoms with E-state index in [2.05, 4.69) is 0 Å². The Morgan fingerprint density at radius 1 is 1.14 bits per heavy atom. The maximum atomic E-state index is 12.8. The lowest BCUT2D eigenvalue weighted by Crippen LogP contribution is -2.24. The van der Waals surface area contributed by atoms with E-state index in [1.807, 2.05) is 13.8 Å². The van der Waals surface area contributed by atoms with Gasteiger partial charge >= 0.3 is 5.97 Å². The van der Waals surface area contributed by atoms with E-state index in [0.29, 0.717) is 40.5 Å². The van der Waals surface area contributed by atoms with E-state index in [1.165, 1.54) is 12.3 Å².